The van der Waals surface area contributed by atoms with E-state index in [0.717, 1.165) is 0 Å². The van der Waals surface area contributed by atoms with Crippen molar-refractivity contribution in [2.24, 2.45) is 0 Å². The minimum Gasteiger partial charge on any atom is -0.872 e. The molecule has 2 aromatic rings. The molecule has 2 rings (SSSR count). The summed E-state index contributed by atoms with van der Waals surface area (Å²) in [6.45, 7) is -0.675. The Morgan fingerprint density at radius 3 is 2.41 bits per heavy atom. The van der Waals surface area contributed by atoms with Gasteiger partial charge in [0.05, 0.1) is 0 Å². The zero-order valence-electron chi connectivity index (χ0n) is 12.4. The van der Waals surface area contributed by atoms with E-state index in [1.807, 2.05) is 0 Å². The van der Waals surface area contributed by atoms with E-state index < -0.39 is 6.80 Å². The third-order valence-corrected chi connectivity index (χ3v) is 5.44. The van der Waals surface area contributed by atoms with Crippen LogP contribution in [-0.4, -0.2) is 10.00 Å². The van der Waals surface area contributed by atoms with Crippen molar-refractivity contribution in [3.8, 4) is 17.2 Å². The third kappa shape index (κ3) is 5.23. The van der Waals surface area contributed by atoms with Crippen molar-refractivity contribution in [3.05, 3.63) is 47.5 Å². The summed E-state index contributed by atoms with van der Waals surface area (Å²) in [4.78, 5) is 10.4. The monoisotopic (exact) mass is 348 g/mol. The van der Waals surface area contributed by atoms with Crippen molar-refractivity contribution in [1.82, 2.24) is 0 Å². The van der Waals surface area contributed by atoms with Crippen LogP contribution in [0.15, 0.2) is 41.3 Å². The maximum Gasteiger partial charge on any atom is 1.00 e. The number of phenolic OH excluding ortho intramolecular Hbond substituents is 1. The SMILES string of the molecule is Cc1cc(OP(=O)(O)Sc2ccc(O)c(C)c2)ccc1[O-].[Na+]. The first-order chi connectivity index (χ1) is 9.77. The number of aromatic hydroxyl groups is 1. The second-order valence-corrected chi connectivity index (χ2v) is 8.23. The minimum absolute atomic E-state index is 0. The summed E-state index contributed by atoms with van der Waals surface area (Å²) in [5, 5.41) is 20.7. The number of hydrogen-bond acceptors (Lipinski definition) is 5. The molecule has 0 spiro atoms. The molecule has 112 valence electrons. The van der Waals surface area contributed by atoms with Gasteiger partial charge in [0.2, 0.25) is 0 Å². The largest absolute Gasteiger partial charge is 1.00 e. The van der Waals surface area contributed by atoms with E-state index in [1.165, 1.54) is 30.3 Å². The third-order valence-electron chi connectivity index (χ3n) is 2.76. The molecule has 1 atom stereocenters. The number of aryl methyl sites for hydroxylation is 2. The normalized spacial score (nSPS) is 13.0. The standard InChI is InChI=1S/C14H15O5PS.Na/c1-9-7-11(3-5-13(9)15)19-20(17,18)21-12-4-6-14(16)10(2)8-12;/h3-8,15-16H,1-2H3,(H,17,18);/q;+1/p-1. The second-order valence-electron chi connectivity index (χ2n) is 4.53. The predicted molar refractivity (Wildman–Crippen MR) is 79.8 cm³/mol. The van der Waals surface area contributed by atoms with Crippen LogP contribution in [-0.2, 0) is 4.57 Å². The van der Waals surface area contributed by atoms with Gasteiger partial charge in [-0.25, -0.2) is 4.57 Å². The minimum atomic E-state index is -3.97. The van der Waals surface area contributed by atoms with Gasteiger partial charge in [0, 0.05) is 16.3 Å². The molecule has 0 aliphatic heterocycles. The zero-order valence-corrected chi connectivity index (χ0v) is 16.1. The number of rotatable bonds is 4. The van der Waals surface area contributed by atoms with Crippen LogP contribution in [0.2, 0.25) is 0 Å². The fraction of sp³-hybridized carbons (Fsp3) is 0.143. The molecule has 0 aliphatic rings. The summed E-state index contributed by atoms with van der Waals surface area (Å²) >= 11 is 0.673. The van der Waals surface area contributed by atoms with Gasteiger partial charge in [0.15, 0.2) is 0 Å². The fourth-order valence-corrected chi connectivity index (χ4v) is 4.20. The first-order valence-electron chi connectivity index (χ1n) is 6.06. The molecule has 1 unspecified atom stereocenters. The Labute approximate surface area is 154 Å². The van der Waals surface area contributed by atoms with Crippen LogP contribution < -0.4 is 39.2 Å². The molecule has 0 aliphatic carbocycles. The van der Waals surface area contributed by atoms with Crippen molar-refractivity contribution in [3.63, 3.8) is 0 Å². The van der Waals surface area contributed by atoms with Crippen LogP contribution in [0.1, 0.15) is 11.1 Å². The molecule has 5 nitrogen and oxygen atoms in total. The number of benzene rings is 2. The fourth-order valence-electron chi connectivity index (χ4n) is 1.65. The summed E-state index contributed by atoms with van der Waals surface area (Å²) in [5.74, 6) is 0.132. The Balaban J connectivity index is 0.00000242. The predicted octanol–water partition coefficient (Wildman–Crippen LogP) is 0.358. The van der Waals surface area contributed by atoms with E-state index in [9.17, 15) is 19.7 Å². The molecule has 0 aromatic heterocycles. The van der Waals surface area contributed by atoms with E-state index in [1.54, 1.807) is 19.9 Å². The van der Waals surface area contributed by atoms with Crippen molar-refractivity contribution >= 4 is 18.2 Å². The number of hydrogen-bond donors (Lipinski definition) is 2. The van der Waals surface area contributed by atoms with Gasteiger partial charge in [-0.05, 0) is 49.7 Å². The Morgan fingerprint density at radius 1 is 1.14 bits per heavy atom. The molecule has 0 radical (unpaired) electrons. The summed E-state index contributed by atoms with van der Waals surface area (Å²) in [5.41, 5.74) is 1.05. The van der Waals surface area contributed by atoms with Crippen LogP contribution in [0.25, 0.3) is 0 Å². The van der Waals surface area contributed by atoms with Crippen LogP contribution in [0.3, 0.4) is 0 Å². The van der Waals surface area contributed by atoms with Crippen LogP contribution in [0.4, 0.5) is 0 Å². The molecule has 2 aromatic carbocycles. The van der Waals surface area contributed by atoms with Gasteiger partial charge in [-0.2, -0.15) is 0 Å². The maximum atomic E-state index is 12.1. The van der Waals surface area contributed by atoms with Crippen molar-refractivity contribution in [2.75, 3.05) is 0 Å². The Morgan fingerprint density at radius 2 is 1.82 bits per heavy atom. The molecular weight excluding hydrogens is 334 g/mol. The average molecular weight is 348 g/mol. The van der Waals surface area contributed by atoms with Crippen LogP contribution in [0.5, 0.6) is 17.2 Å². The van der Waals surface area contributed by atoms with E-state index >= 15 is 0 Å². The molecule has 0 saturated carbocycles. The smallest absolute Gasteiger partial charge is 0.872 e. The van der Waals surface area contributed by atoms with Gasteiger partial charge in [-0.15, -0.1) is 5.75 Å². The van der Waals surface area contributed by atoms with E-state index in [4.69, 9.17) is 4.52 Å². The maximum absolute atomic E-state index is 12.1. The average Bonchev–Trinajstić information content (AvgIpc) is 2.37. The molecule has 2 N–H and O–H groups in total. The summed E-state index contributed by atoms with van der Waals surface area (Å²) in [7, 11) is 0. The Kier molecular flexibility index (Phi) is 6.86. The molecule has 22 heavy (non-hydrogen) atoms. The zero-order chi connectivity index (χ0) is 15.6. The van der Waals surface area contributed by atoms with E-state index in [-0.39, 0.29) is 46.8 Å². The molecular formula is C14H14NaO5PS. The van der Waals surface area contributed by atoms with E-state index in [0.29, 0.717) is 27.4 Å². The van der Waals surface area contributed by atoms with Gasteiger partial charge >= 0.3 is 36.4 Å². The van der Waals surface area contributed by atoms with Crippen LogP contribution >= 0.6 is 18.2 Å². The quantitative estimate of drug-likeness (QED) is 0.613. The van der Waals surface area contributed by atoms with Gasteiger partial charge in [-0.3, -0.25) is 0 Å². The molecule has 0 heterocycles. The molecule has 0 amide bonds. The van der Waals surface area contributed by atoms with Crippen LogP contribution in [0, 0.1) is 13.8 Å². The van der Waals surface area contributed by atoms with Crippen molar-refractivity contribution in [1.29, 1.82) is 0 Å². The molecule has 0 fully saturated rings. The topological polar surface area (TPSA) is 89.8 Å². The first-order valence-corrected chi connectivity index (χ1v) is 9.06. The molecule has 0 bridgehead atoms. The Hall–Kier alpha value is -0.620. The van der Waals surface area contributed by atoms with Gasteiger partial charge in [0.1, 0.15) is 11.5 Å². The Bertz CT molecular complexity index is 665. The second kappa shape index (κ2) is 7.77. The summed E-state index contributed by atoms with van der Waals surface area (Å²) in [6, 6.07) is 8.66. The van der Waals surface area contributed by atoms with Crippen molar-refractivity contribution < 1.29 is 53.8 Å². The summed E-state index contributed by atoms with van der Waals surface area (Å²) < 4.78 is 17.2. The van der Waals surface area contributed by atoms with Gasteiger partial charge < -0.3 is 19.6 Å². The molecule has 8 heteroatoms. The van der Waals surface area contributed by atoms with Gasteiger partial charge in [0.25, 0.3) is 0 Å². The summed E-state index contributed by atoms with van der Waals surface area (Å²) in [6.07, 6.45) is 0. The first kappa shape index (κ1) is 19.4. The van der Waals surface area contributed by atoms with Gasteiger partial charge in [-0.1, -0.05) is 11.6 Å². The number of phenols is 1. The molecule has 0 saturated heterocycles. The van der Waals surface area contributed by atoms with E-state index in [2.05, 4.69) is 0 Å². The van der Waals surface area contributed by atoms with Crippen molar-refractivity contribution in [2.45, 2.75) is 18.7 Å².